The Balaban J connectivity index is 1.51. The van der Waals surface area contributed by atoms with Crippen molar-refractivity contribution in [2.75, 3.05) is 13.2 Å². The van der Waals surface area contributed by atoms with Gasteiger partial charge in [0.1, 0.15) is 48.1 Å². The molecule has 2 aliphatic rings. The van der Waals surface area contributed by atoms with Gasteiger partial charge in [0.15, 0.2) is 18.7 Å². The standard InChI is InChI=1S/C29H36O13/c1-15-22(34)23(35)24(36)29(39-15)42-27-25(37)28(38-13-12-17-4-9-19(32)10-5-17)40-20(14-30)26(27)41-21(33)11-6-16-2-7-18(31)8-3-16/h2-11,15,20,22-32,34-37H,12-14H2,1H3/b11-6+/t15-,20+,22-,23+,24+,25+,26-,27+,28+,29-/m0/s1. The second kappa shape index (κ2) is 14.4. The number of phenolic OH excluding ortho intramolecular Hbond substituents is 2. The fourth-order valence-electron chi connectivity index (χ4n) is 4.64. The van der Waals surface area contributed by atoms with Gasteiger partial charge in [-0.25, -0.2) is 4.79 Å². The Hall–Kier alpha value is -3.11. The minimum atomic E-state index is -1.72. The van der Waals surface area contributed by atoms with Gasteiger partial charge in [0, 0.05) is 6.08 Å². The van der Waals surface area contributed by atoms with Gasteiger partial charge >= 0.3 is 5.97 Å². The summed E-state index contributed by atoms with van der Waals surface area (Å²) in [6, 6.07) is 12.4. The fraction of sp³-hybridized carbons (Fsp3) is 0.483. The van der Waals surface area contributed by atoms with Crippen molar-refractivity contribution in [3.63, 3.8) is 0 Å². The number of aliphatic hydroxyl groups is 5. The summed E-state index contributed by atoms with van der Waals surface area (Å²) in [5.74, 6) is -0.724. The number of phenols is 2. The molecule has 7 N–H and O–H groups in total. The Labute approximate surface area is 241 Å². The molecule has 13 heteroatoms. The molecule has 2 heterocycles. The number of rotatable bonds is 10. The van der Waals surface area contributed by atoms with Crippen LogP contribution in [-0.4, -0.2) is 116 Å². The number of carbonyl (C=O) groups is 1. The second-order valence-corrected chi connectivity index (χ2v) is 10.1. The van der Waals surface area contributed by atoms with Crippen molar-refractivity contribution >= 4 is 12.0 Å². The highest BCUT2D eigenvalue weighted by Gasteiger charge is 2.52. The van der Waals surface area contributed by atoms with E-state index in [0.717, 1.165) is 11.6 Å². The number of hydrogen-bond donors (Lipinski definition) is 7. The first-order valence-electron chi connectivity index (χ1n) is 13.4. The number of aliphatic hydroxyl groups excluding tert-OH is 5. The monoisotopic (exact) mass is 592 g/mol. The third-order valence-corrected chi connectivity index (χ3v) is 7.06. The molecule has 13 nitrogen and oxygen atoms in total. The molecular weight excluding hydrogens is 556 g/mol. The molecule has 0 unspecified atom stereocenters. The van der Waals surface area contributed by atoms with Crippen LogP contribution in [0.15, 0.2) is 54.6 Å². The Morgan fingerprint density at radius 1 is 0.833 bits per heavy atom. The van der Waals surface area contributed by atoms with Crippen LogP contribution in [0.5, 0.6) is 11.5 Å². The lowest BCUT2D eigenvalue weighted by Crippen LogP contribution is -2.65. The molecule has 0 bridgehead atoms. The van der Waals surface area contributed by atoms with E-state index in [4.69, 9.17) is 23.7 Å². The van der Waals surface area contributed by atoms with Gasteiger partial charge in [-0.05, 0) is 54.8 Å². The first kappa shape index (κ1) is 31.8. The van der Waals surface area contributed by atoms with Gasteiger partial charge in [-0.1, -0.05) is 24.3 Å². The van der Waals surface area contributed by atoms with Crippen LogP contribution in [0, 0.1) is 0 Å². The van der Waals surface area contributed by atoms with Crippen molar-refractivity contribution in [2.45, 2.75) is 74.8 Å². The maximum absolute atomic E-state index is 12.8. The molecule has 230 valence electrons. The number of hydrogen-bond acceptors (Lipinski definition) is 13. The lowest BCUT2D eigenvalue weighted by Gasteiger charge is -2.46. The molecule has 42 heavy (non-hydrogen) atoms. The van der Waals surface area contributed by atoms with E-state index in [2.05, 4.69) is 0 Å². The molecule has 0 aromatic heterocycles. The van der Waals surface area contributed by atoms with E-state index in [9.17, 15) is 40.5 Å². The summed E-state index contributed by atoms with van der Waals surface area (Å²) in [4.78, 5) is 12.8. The second-order valence-electron chi connectivity index (χ2n) is 10.1. The normalized spacial score (nSPS) is 33.5. The fourth-order valence-corrected chi connectivity index (χ4v) is 4.64. The molecule has 0 saturated carbocycles. The maximum Gasteiger partial charge on any atom is 0.331 e. The number of carbonyl (C=O) groups excluding carboxylic acids is 1. The quantitative estimate of drug-likeness (QED) is 0.138. The van der Waals surface area contributed by atoms with E-state index in [1.807, 2.05) is 0 Å². The maximum atomic E-state index is 12.8. The van der Waals surface area contributed by atoms with Crippen molar-refractivity contribution < 1.29 is 64.2 Å². The highest BCUT2D eigenvalue weighted by atomic mass is 16.7. The summed E-state index contributed by atoms with van der Waals surface area (Å²) in [6.07, 6.45) is -11.5. The van der Waals surface area contributed by atoms with Crippen LogP contribution >= 0.6 is 0 Å². The lowest BCUT2D eigenvalue weighted by molar-refractivity contribution is -0.357. The molecule has 0 spiro atoms. The van der Waals surface area contributed by atoms with Gasteiger partial charge < -0.3 is 59.4 Å². The van der Waals surface area contributed by atoms with Crippen LogP contribution in [0.4, 0.5) is 0 Å². The van der Waals surface area contributed by atoms with Gasteiger partial charge in [0.2, 0.25) is 0 Å². The van der Waals surface area contributed by atoms with Gasteiger partial charge in [-0.3, -0.25) is 0 Å². The average Bonchev–Trinajstić information content (AvgIpc) is 2.98. The highest BCUT2D eigenvalue weighted by Crippen LogP contribution is 2.31. The zero-order chi connectivity index (χ0) is 30.4. The Morgan fingerprint density at radius 2 is 1.48 bits per heavy atom. The molecule has 2 aliphatic heterocycles. The van der Waals surface area contributed by atoms with Crippen LogP contribution in [0.25, 0.3) is 6.08 Å². The minimum Gasteiger partial charge on any atom is -0.508 e. The molecule has 0 aliphatic carbocycles. The average molecular weight is 593 g/mol. The SMILES string of the molecule is C[C@@H]1O[C@@H](O[C@@H]2[C@@H](O)[C@H](OCCc3ccc(O)cc3)O[C@H](CO)[C@@H]2OC(=O)/C=C/c2ccc(O)cc2)[C@H](O)[C@H](O)[C@H]1O. The number of ether oxygens (including phenoxy) is 5. The van der Waals surface area contributed by atoms with Crippen molar-refractivity contribution in [2.24, 2.45) is 0 Å². The summed E-state index contributed by atoms with van der Waals surface area (Å²) >= 11 is 0. The molecule has 4 rings (SSSR count). The van der Waals surface area contributed by atoms with Crippen LogP contribution in [-0.2, 0) is 34.9 Å². The predicted octanol–water partition coefficient (Wildman–Crippen LogP) is -0.427. The molecule has 2 aromatic carbocycles. The van der Waals surface area contributed by atoms with Gasteiger partial charge in [0.25, 0.3) is 0 Å². The van der Waals surface area contributed by atoms with Crippen LogP contribution in [0.1, 0.15) is 18.1 Å². The highest BCUT2D eigenvalue weighted by molar-refractivity contribution is 5.87. The van der Waals surface area contributed by atoms with Gasteiger partial charge in [-0.2, -0.15) is 0 Å². The summed E-state index contributed by atoms with van der Waals surface area (Å²) < 4.78 is 28.4. The zero-order valence-electron chi connectivity index (χ0n) is 22.7. The summed E-state index contributed by atoms with van der Waals surface area (Å²) in [5, 5.41) is 71.0. The smallest absolute Gasteiger partial charge is 0.331 e. The topological polar surface area (TPSA) is 205 Å². The number of aromatic hydroxyl groups is 2. The molecule has 0 radical (unpaired) electrons. The number of esters is 1. The van der Waals surface area contributed by atoms with Crippen molar-refractivity contribution in [3.8, 4) is 11.5 Å². The molecule has 2 aromatic rings. The minimum absolute atomic E-state index is 0.0489. The van der Waals surface area contributed by atoms with Gasteiger partial charge in [-0.15, -0.1) is 0 Å². The Morgan fingerprint density at radius 3 is 2.12 bits per heavy atom. The molecule has 2 fully saturated rings. The van der Waals surface area contributed by atoms with E-state index in [0.29, 0.717) is 12.0 Å². The van der Waals surface area contributed by atoms with E-state index in [1.165, 1.54) is 37.3 Å². The third-order valence-electron chi connectivity index (χ3n) is 7.06. The lowest BCUT2D eigenvalue weighted by atomic mass is 9.97. The van der Waals surface area contributed by atoms with E-state index in [-0.39, 0.29) is 18.1 Å². The first-order chi connectivity index (χ1) is 20.1. The van der Waals surface area contributed by atoms with E-state index >= 15 is 0 Å². The van der Waals surface area contributed by atoms with E-state index < -0.39 is 74.0 Å². The zero-order valence-corrected chi connectivity index (χ0v) is 22.7. The van der Waals surface area contributed by atoms with Crippen molar-refractivity contribution in [3.05, 3.63) is 65.7 Å². The first-order valence-corrected chi connectivity index (χ1v) is 13.4. The Bertz CT molecular complexity index is 1170. The summed E-state index contributed by atoms with van der Waals surface area (Å²) in [6.45, 7) is 0.839. The summed E-state index contributed by atoms with van der Waals surface area (Å²) in [7, 11) is 0. The van der Waals surface area contributed by atoms with Crippen LogP contribution in [0.2, 0.25) is 0 Å². The third kappa shape index (κ3) is 7.83. The van der Waals surface area contributed by atoms with E-state index in [1.54, 1.807) is 24.3 Å². The van der Waals surface area contributed by atoms with Crippen molar-refractivity contribution in [1.82, 2.24) is 0 Å². The molecule has 0 amide bonds. The molecular formula is C29H36O13. The molecule has 2 saturated heterocycles. The molecule has 10 atom stereocenters. The Kier molecular flexibility index (Phi) is 10.9. The van der Waals surface area contributed by atoms with Crippen molar-refractivity contribution in [1.29, 1.82) is 0 Å². The van der Waals surface area contributed by atoms with Gasteiger partial charge in [0.05, 0.1) is 19.3 Å². The van der Waals surface area contributed by atoms with Crippen LogP contribution in [0.3, 0.4) is 0 Å². The predicted molar refractivity (Wildman–Crippen MR) is 144 cm³/mol. The number of benzene rings is 2. The largest absolute Gasteiger partial charge is 0.508 e. The van der Waals surface area contributed by atoms with Crippen LogP contribution < -0.4 is 0 Å². The summed E-state index contributed by atoms with van der Waals surface area (Å²) in [5.41, 5.74) is 1.41.